The standard InChI is InChI=1S/C10H11BrN2O2S/c11-9-4-1-7(5-10(9)13(14)15)6-16-12-8-2-3-8/h1,4-5,8,12H,2-3,6H2. The average molecular weight is 303 g/mol. The van der Waals surface area contributed by atoms with Gasteiger partial charge in [-0.3, -0.25) is 14.8 Å². The molecular weight excluding hydrogens is 292 g/mol. The van der Waals surface area contributed by atoms with Crippen LogP contribution in [0.25, 0.3) is 0 Å². The van der Waals surface area contributed by atoms with Crippen LogP contribution in [0.4, 0.5) is 5.69 Å². The highest BCUT2D eigenvalue weighted by Crippen LogP contribution is 2.28. The number of nitrogens with zero attached hydrogens (tertiary/aromatic N) is 1. The van der Waals surface area contributed by atoms with Crippen molar-refractivity contribution in [3.05, 3.63) is 38.3 Å². The van der Waals surface area contributed by atoms with Gasteiger partial charge in [0.1, 0.15) is 0 Å². The second kappa shape index (κ2) is 5.16. The molecule has 1 fully saturated rings. The van der Waals surface area contributed by atoms with Gasteiger partial charge in [0.25, 0.3) is 5.69 Å². The van der Waals surface area contributed by atoms with Crippen molar-refractivity contribution in [3.8, 4) is 0 Å². The van der Waals surface area contributed by atoms with Gasteiger partial charge < -0.3 is 0 Å². The van der Waals surface area contributed by atoms with Crippen LogP contribution in [0.3, 0.4) is 0 Å². The van der Waals surface area contributed by atoms with Crippen molar-refractivity contribution in [1.29, 1.82) is 0 Å². The normalized spacial score (nSPS) is 15.1. The number of nitro groups is 1. The molecule has 0 spiro atoms. The Bertz CT molecular complexity index is 410. The number of halogens is 1. The van der Waals surface area contributed by atoms with Crippen molar-refractivity contribution in [2.24, 2.45) is 0 Å². The van der Waals surface area contributed by atoms with Crippen molar-refractivity contribution in [3.63, 3.8) is 0 Å². The van der Waals surface area contributed by atoms with Crippen molar-refractivity contribution in [2.45, 2.75) is 24.6 Å². The fourth-order valence-electron chi connectivity index (χ4n) is 1.23. The summed E-state index contributed by atoms with van der Waals surface area (Å²) in [4.78, 5) is 10.4. The third-order valence-corrected chi connectivity index (χ3v) is 3.92. The number of nitrogens with one attached hydrogen (secondary N) is 1. The second-order valence-electron chi connectivity index (χ2n) is 3.72. The fraction of sp³-hybridized carbons (Fsp3) is 0.400. The summed E-state index contributed by atoms with van der Waals surface area (Å²) in [5.74, 6) is 0.755. The van der Waals surface area contributed by atoms with E-state index in [9.17, 15) is 10.1 Å². The Labute approximate surface area is 106 Å². The number of hydrogen-bond acceptors (Lipinski definition) is 4. The van der Waals surface area contributed by atoms with Crippen LogP contribution in [0.1, 0.15) is 18.4 Å². The molecule has 86 valence electrons. The Kier molecular flexibility index (Phi) is 3.83. The van der Waals surface area contributed by atoms with E-state index in [1.165, 1.54) is 12.8 Å². The predicted octanol–water partition coefficient (Wildman–Crippen LogP) is 3.26. The van der Waals surface area contributed by atoms with Gasteiger partial charge in [-0.15, -0.1) is 0 Å². The maximum Gasteiger partial charge on any atom is 0.283 e. The van der Waals surface area contributed by atoms with Gasteiger partial charge >= 0.3 is 0 Å². The summed E-state index contributed by atoms with van der Waals surface area (Å²) in [5, 5.41) is 10.7. The summed E-state index contributed by atoms with van der Waals surface area (Å²) in [6.45, 7) is 0. The zero-order chi connectivity index (χ0) is 11.5. The molecule has 0 aliphatic heterocycles. The molecule has 0 radical (unpaired) electrons. The molecule has 1 saturated carbocycles. The molecule has 4 nitrogen and oxygen atoms in total. The third kappa shape index (κ3) is 3.20. The number of rotatable bonds is 5. The maximum atomic E-state index is 10.7. The van der Waals surface area contributed by atoms with Gasteiger partial charge in [0.15, 0.2) is 0 Å². The molecule has 1 aromatic rings. The van der Waals surface area contributed by atoms with Gasteiger partial charge in [0, 0.05) is 17.9 Å². The average Bonchev–Trinajstić information content (AvgIpc) is 3.04. The first-order chi connectivity index (χ1) is 7.66. The van der Waals surface area contributed by atoms with Crippen LogP contribution in [-0.4, -0.2) is 11.0 Å². The van der Waals surface area contributed by atoms with Crippen LogP contribution in [0.2, 0.25) is 0 Å². The second-order valence-corrected chi connectivity index (χ2v) is 5.39. The Hall–Kier alpha value is -0.590. The van der Waals surface area contributed by atoms with Gasteiger partial charge in [-0.25, -0.2) is 0 Å². The molecule has 1 aliphatic carbocycles. The maximum absolute atomic E-state index is 10.7. The first-order valence-corrected chi connectivity index (χ1v) is 6.75. The molecular formula is C10H11BrN2O2S. The zero-order valence-corrected chi connectivity index (χ0v) is 10.9. The van der Waals surface area contributed by atoms with E-state index in [1.54, 1.807) is 24.1 Å². The Balaban J connectivity index is 1.97. The van der Waals surface area contributed by atoms with Gasteiger partial charge in [-0.1, -0.05) is 18.0 Å². The first kappa shape index (κ1) is 11.9. The molecule has 0 heterocycles. The third-order valence-electron chi connectivity index (χ3n) is 2.27. The minimum Gasteiger partial charge on any atom is -0.261 e. The molecule has 1 aromatic carbocycles. The van der Waals surface area contributed by atoms with E-state index < -0.39 is 0 Å². The minimum atomic E-state index is -0.368. The van der Waals surface area contributed by atoms with Gasteiger partial charge in [0.05, 0.1) is 9.40 Å². The van der Waals surface area contributed by atoms with Crippen LogP contribution in [-0.2, 0) is 5.75 Å². The molecule has 0 aromatic heterocycles. The quantitative estimate of drug-likeness (QED) is 0.515. The number of nitro benzene ring substituents is 1. The molecule has 1 N–H and O–H groups in total. The molecule has 0 atom stereocenters. The molecule has 0 unspecified atom stereocenters. The van der Waals surface area contributed by atoms with Gasteiger partial charge in [0.2, 0.25) is 0 Å². The fourth-order valence-corrected chi connectivity index (χ4v) is 2.52. The van der Waals surface area contributed by atoms with E-state index in [4.69, 9.17) is 0 Å². The highest BCUT2D eigenvalue weighted by atomic mass is 79.9. The van der Waals surface area contributed by atoms with E-state index in [0.717, 1.165) is 11.3 Å². The summed E-state index contributed by atoms with van der Waals surface area (Å²) in [6, 6.07) is 5.89. The van der Waals surface area contributed by atoms with Crippen LogP contribution in [0.15, 0.2) is 22.7 Å². The van der Waals surface area contributed by atoms with Crippen LogP contribution < -0.4 is 4.72 Å². The summed E-state index contributed by atoms with van der Waals surface area (Å²) in [7, 11) is 0. The lowest BCUT2D eigenvalue weighted by atomic mass is 10.2. The molecule has 0 saturated heterocycles. The van der Waals surface area contributed by atoms with Crippen LogP contribution in [0, 0.1) is 10.1 Å². The molecule has 6 heteroatoms. The minimum absolute atomic E-state index is 0.129. The highest BCUT2D eigenvalue weighted by molar-refractivity contribution is 9.10. The van der Waals surface area contributed by atoms with Crippen molar-refractivity contribution >= 4 is 33.6 Å². The highest BCUT2D eigenvalue weighted by Gasteiger charge is 2.20. The van der Waals surface area contributed by atoms with E-state index >= 15 is 0 Å². The largest absolute Gasteiger partial charge is 0.283 e. The zero-order valence-electron chi connectivity index (χ0n) is 8.48. The van der Waals surface area contributed by atoms with Crippen molar-refractivity contribution in [1.82, 2.24) is 4.72 Å². The van der Waals surface area contributed by atoms with Crippen molar-refractivity contribution < 1.29 is 4.92 Å². The SMILES string of the molecule is O=[N+]([O-])c1cc(CSNC2CC2)ccc1Br. The van der Waals surface area contributed by atoms with E-state index in [1.807, 2.05) is 6.07 Å². The Morgan fingerprint density at radius 1 is 1.56 bits per heavy atom. The molecule has 0 amide bonds. The van der Waals surface area contributed by atoms with Gasteiger partial charge in [-0.2, -0.15) is 0 Å². The number of benzene rings is 1. The number of hydrogen-bond donors (Lipinski definition) is 1. The Morgan fingerprint density at radius 3 is 2.94 bits per heavy atom. The van der Waals surface area contributed by atoms with E-state index in [0.29, 0.717) is 10.5 Å². The lowest BCUT2D eigenvalue weighted by Gasteiger charge is -2.03. The summed E-state index contributed by atoms with van der Waals surface area (Å²) in [5.41, 5.74) is 1.09. The van der Waals surface area contributed by atoms with Crippen LogP contribution in [0.5, 0.6) is 0 Å². The molecule has 16 heavy (non-hydrogen) atoms. The lowest BCUT2D eigenvalue weighted by Crippen LogP contribution is -2.05. The predicted molar refractivity (Wildman–Crippen MR) is 68.2 cm³/mol. The van der Waals surface area contributed by atoms with E-state index in [-0.39, 0.29) is 10.6 Å². The van der Waals surface area contributed by atoms with E-state index in [2.05, 4.69) is 20.7 Å². The first-order valence-electron chi connectivity index (χ1n) is 4.97. The molecule has 1 aliphatic rings. The smallest absolute Gasteiger partial charge is 0.261 e. The van der Waals surface area contributed by atoms with Gasteiger partial charge in [-0.05, 0) is 40.4 Å². The lowest BCUT2D eigenvalue weighted by molar-refractivity contribution is -0.385. The monoisotopic (exact) mass is 302 g/mol. The van der Waals surface area contributed by atoms with Crippen LogP contribution >= 0.6 is 27.9 Å². The summed E-state index contributed by atoms with van der Waals surface area (Å²) >= 11 is 4.78. The van der Waals surface area contributed by atoms with Crippen molar-refractivity contribution in [2.75, 3.05) is 0 Å². The molecule has 0 bridgehead atoms. The summed E-state index contributed by atoms with van der Waals surface area (Å²) < 4.78 is 3.83. The topological polar surface area (TPSA) is 55.2 Å². The Morgan fingerprint density at radius 2 is 2.31 bits per heavy atom. The molecule has 2 rings (SSSR count). The summed E-state index contributed by atoms with van der Waals surface area (Å²) in [6.07, 6.45) is 2.49.